The number of hydrogen-bond donors (Lipinski definition) is 3. The number of aliphatic hydroxyl groups is 1. The molecule has 1 aliphatic rings. The minimum atomic E-state index is -0.161. The Labute approximate surface area is 106 Å². The van der Waals surface area contributed by atoms with E-state index < -0.39 is 0 Å². The molecule has 1 heterocycles. The Morgan fingerprint density at radius 1 is 1.44 bits per heavy atom. The molecule has 18 heavy (non-hydrogen) atoms. The number of aliphatic hydroxyl groups excluding tert-OH is 1. The lowest BCUT2D eigenvalue weighted by Crippen LogP contribution is -2.28. The van der Waals surface area contributed by atoms with E-state index in [0.717, 1.165) is 23.4 Å². The predicted molar refractivity (Wildman–Crippen MR) is 68.6 cm³/mol. The number of anilines is 1. The molecule has 0 saturated carbocycles. The second kappa shape index (κ2) is 5.84. The summed E-state index contributed by atoms with van der Waals surface area (Å²) in [5, 5.41) is 11.6. The smallest absolute Gasteiger partial charge is 0.224 e. The van der Waals surface area contributed by atoms with Crippen LogP contribution in [0.15, 0.2) is 18.2 Å². The first kappa shape index (κ1) is 12.9. The first-order valence-electron chi connectivity index (χ1n) is 6.11. The highest BCUT2D eigenvalue weighted by molar-refractivity contribution is 5.93. The van der Waals surface area contributed by atoms with Crippen molar-refractivity contribution < 1.29 is 14.6 Å². The van der Waals surface area contributed by atoms with Crippen LogP contribution >= 0.6 is 0 Å². The lowest BCUT2D eigenvalue weighted by molar-refractivity contribution is -0.116. The van der Waals surface area contributed by atoms with Crippen molar-refractivity contribution in [3.8, 4) is 5.75 Å². The molecule has 0 saturated heterocycles. The number of rotatable bonds is 5. The first-order chi connectivity index (χ1) is 8.69. The van der Waals surface area contributed by atoms with E-state index in [2.05, 4.69) is 5.32 Å². The fourth-order valence-corrected chi connectivity index (χ4v) is 1.90. The van der Waals surface area contributed by atoms with Gasteiger partial charge in [0.15, 0.2) is 0 Å². The van der Waals surface area contributed by atoms with Crippen LogP contribution in [0.5, 0.6) is 5.75 Å². The number of nitrogens with one attached hydrogen (secondary N) is 1. The van der Waals surface area contributed by atoms with Crippen molar-refractivity contribution in [2.45, 2.75) is 25.3 Å². The Hall–Kier alpha value is -1.59. The Balaban J connectivity index is 1.97. The van der Waals surface area contributed by atoms with Gasteiger partial charge in [0.05, 0.1) is 0 Å². The third kappa shape index (κ3) is 3.21. The number of aryl methyl sites for hydroxylation is 1. The molecule has 4 N–H and O–H groups in total. The molecule has 98 valence electrons. The summed E-state index contributed by atoms with van der Waals surface area (Å²) in [4.78, 5) is 11.2. The number of benzene rings is 1. The van der Waals surface area contributed by atoms with E-state index in [1.807, 2.05) is 18.2 Å². The molecule has 0 aromatic heterocycles. The Bertz CT molecular complexity index is 434. The average Bonchev–Trinajstić information content (AvgIpc) is 2.36. The van der Waals surface area contributed by atoms with Gasteiger partial charge in [-0.15, -0.1) is 0 Å². The Kier molecular flexibility index (Phi) is 4.17. The zero-order chi connectivity index (χ0) is 13.0. The van der Waals surface area contributed by atoms with Gasteiger partial charge >= 0.3 is 0 Å². The van der Waals surface area contributed by atoms with Gasteiger partial charge < -0.3 is 20.9 Å². The monoisotopic (exact) mass is 250 g/mol. The fraction of sp³-hybridized carbons (Fsp3) is 0.462. The zero-order valence-corrected chi connectivity index (χ0v) is 10.2. The third-order valence-electron chi connectivity index (χ3n) is 2.94. The molecular formula is C13H18N2O3. The van der Waals surface area contributed by atoms with Gasteiger partial charge in [-0.3, -0.25) is 4.79 Å². The molecule has 2 rings (SSSR count). The average molecular weight is 250 g/mol. The minimum absolute atomic E-state index is 0.0566. The van der Waals surface area contributed by atoms with Crippen LogP contribution in [0, 0.1) is 0 Å². The molecule has 0 spiro atoms. The van der Waals surface area contributed by atoms with Crippen LogP contribution in [0.3, 0.4) is 0 Å². The predicted octanol–water partition coefficient (Wildman–Crippen LogP) is 0.660. The van der Waals surface area contributed by atoms with Crippen molar-refractivity contribution in [1.29, 1.82) is 0 Å². The van der Waals surface area contributed by atoms with Crippen LogP contribution in [-0.2, 0) is 11.2 Å². The SMILES string of the molecule is NC(CCO)COc1ccc2c(c1)CCC(=O)N2. The summed E-state index contributed by atoms with van der Waals surface area (Å²) >= 11 is 0. The zero-order valence-electron chi connectivity index (χ0n) is 10.2. The van der Waals surface area contributed by atoms with Crippen LogP contribution in [0.4, 0.5) is 5.69 Å². The van der Waals surface area contributed by atoms with E-state index in [9.17, 15) is 4.79 Å². The van der Waals surface area contributed by atoms with Crippen molar-refractivity contribution in [2.75, 3.05) is 18.5 Å². The van der Waals surface area contributed by atoms with Crippen LogP contribution in [0.25, 0.3) is 0 Å². The number of ether oxygens (including phenoxy) is 1. The van der Waals surface area contributed by atoms with Gasteiger partial charge in [-0.1, -0.05) is 0 Å². The lowest BCUT2D eigenvalue weighted by atomic mass is 10.0. The number of hydrogen-bond acceptors (Lipinski definition) is 4. The highest BCUT2D eigenvalue weighted by atomic mass is 16.5. The summed E-state index contributed by atoms with van der Waals surface area (Å²) in [6, 6.07) is 5.43. The quantitative estimate of drug-likeness (QED) is 0.716. The highest BCUT2D eigenvalue weighted by Crippen LogP contribution is 2.26. The maximum atomic E-state index is 11.2. The second-order valence-corrected chi connectivity index (χ2v) is 4.45. The molecule has 5 nitrogen and oxygen atoms in total. The molecule has 0 aliphatic carbocycles. The first-order valence-corrected chi connectivity index (χ1v) is 6.11. The molecule has 1 aromatic carbocycles. The van der Waals surface area contributed by atoms with E-state index in [-0.39, 0.29) is 18.6 Å². The molecular weight excluding hydrogens is 232 g/mol. The molecule has 1 unspecified atom stereocenters. The number of carbonyl (C=O) groups excluding carboxylic acids is 1. The van der Waals surface area contributed by atoms with Gasteiger partial charge in [-0.25, -0.2) is 0 Å². The molecule has 1 aliphatic heterocycles. The van der Waals surface area contributed by atoms with E-state index in [0.29, 0.717) is 19.4 Å². The van der Waals surface area contributed by atoms with Gasteiger partial charge in [-0.2, -0.15) is 0 Å². The molecule has 1 amide bonds. The lowest BCUT2D eigenvalue weighted by Gasteiger charge is -2.18. The summed E-state index contributed by atoms with van der Waals surface area (Å²) in [6.07, 6.45) is 1.78. The number of fused-ring (bicyclic) bond motifs is 1. The summed E-state index contributed by atoms with van der Waals surface area (Å²) in [7, 11) is 0. The highest BCUT2D eigenvalue weighted by Gasteiger charge is 2.15. The van der Waals surface area contributed by atoms with Gasteiger partial charge in [0, 0.05) is 24.8 Å². The Morgan fingerprint density at radius 2 is 2.28 bits per heavy atom. The molecule has 0 bridgehead atoms. The second-order valence-electron chi connectivity index (χ2n) is 4.45. The summed E-state index contributed by atoms with van der Waals surface area (Å²) < 4.78 is 5.56. The fourth-order valence-electron chi connectivity index (χ4n) is 1.90. The number of amides is 1. The van der Waals surface area contributed by atoms with Crippen LogP contribution in [-0.4, -0.2) is 30.3 Å². The Morgan fingerprint density at radius 3 is 3.06 bits per heavy atom. The number of carbonyl (C=O) groups is 1. The van der Waals surface area contributed by atoms with Crippen molar-refractivity contribution in [3.63, 3.8) is 0 Å². The van der Waals surface area contributed by atoms with E-state index >= 15 is 0 Å². The van der Waals surface area contributed by atoms with Gasteiger partial charge in [0.25, 0.3) is 0 Å². The maximum absolute atomic E-state index is 11.2. The molecule has 0 radical (unpaired) electrons. The van der Waals surface area contributed by atoms with Crippen molar-refractivity contribution in [2.24, 2.45) is 5.73 Å². The van der Waals surface area contributed by atoms with E-state index in [1.165, 1.54) is 0 Å². The summed E-state index contributed by atoms with van der Waals surface area (Å²) in [5.74, 6) is 0.805. The van der Waals surface area contributed by atoms with E-state index in [1.54, 1.807) is 0 Å². The standard InChI is InChI=1S/C13H18N2O3/c14-10(5-6-16)8-18-11-2-3-12-9(7-11)1-4-13(17)15-12/h2-3,7,10,16H,1,4-6,8,14H2,(H,15,17). The van der Waals surface area contributed by atoms with Crippen molar-refractivity contribution in [3.05, 3.63) is 23.8 Å². The summed E-state index contributed by atoms with van der Waals surface area (Å²) in [5.41, 5.74) is 7.69. The van der Waals surface area contributed by atoms with Crippen molar-refractivity contribution >= 4 is 11.6 Å². The number of nitrogens with two attached hydrogens (primary N) is 1. The van der Waals surface area contributed by atoms with Crippen LogP contribution in [0.1, 0.15) is 18.4 Å². The van der Waals surface area contributed by atoms with E-state index in [4.69, 9.17) is 15.6 Å². The van der Waals surface area contributed by atoms with Crippen LogP contribution < -0.4 is 15.8 Å². The van der Waals surface area contributed by atoms with Gasteiger partial charge in [0.2, 0.25) is 5.91 Å². The molecule has 0 fully saturated rings. The normalized spacial score (nSPS) is 15.8. The minimum Gasteiger partial charge on any atom is -0.492 e. The summed E-state index contributed by atoms with van der Waals surface area (Å²) in [6.45, 7) is 0.451. The van der Waals surface area contributed by atoms with Crippen LogP contribution in [0.2, 0.25) is 0 Å². The third-order valence-corrected chi connectivity index (χ3v) is 2.94. The van der Waals surface area contributed by atoms with Gasteiger partial charge in [0.1, 0.15) is 12.4 Å². The maximum Gasteiger partial charge on any atom is 0.224 e. The molecule has 1 aromatic rings. The molecule has 1 atom stereocenters. The largest absolute Gasteiger partial charge is 0.492 e. The topological polar surface area (TPSA) is 84.6 Å². The molecule has 5 heteroatoms. The van der Waals surface area contributed by atoms with Gasteiger partial charge in [-0.05, 0) is 36.6 Å². The van der Waals surface area contributed by atoms with Crippen molar-refractivity contribution in [1.82, 2.24) is 0 Å².